The molecule has 1 unspecified atom stereocenters. The minimum absolute atomic E-state index is 0.0406. The van der Waals surface area contributed by atoms with Crippen molar-refractivity contribution in [3.8, 4) is 0 Å². The highest BCUT2D eigenvalue weighted by atomic mass is 19.1. The van der Waals surface area contributed by atoms with Gasteiger partial charge < -0.3 is 15.1 Å². The molecule has 16 heteroatoms. The van der Waals surface area contributed by atoms with E-state index in [4.69, 9.17) is 0 Å². The maximum absolute atomic E-state index is 14.9. The van der Waals surface area contributed by atoms with Crippen molar-refractivity contribution in [2.75, 3.05) is 36.9 Å². The van der Waals surface area contributed by atoms with Gasteiger partial charge in [-0.1, -0.05) is 6.07 Å². The van der Waals surface area contributed by atoms with Crippen LogP contribution in [0.2, 0.25) is 0 Å². The lowest BCUT2D eigenvalue weighted by atomic mass is 9.85. The summed E-state index contributed by atoms with van der Waals surface area (Å²) in [5.41, 5.74) is 2.92. The number of carbonyl (C=O) groups is 3. The van der Waals surface area contributed by atoms with Crippen molar-refractivity contribution in [1.29, 1.82) is 0 Å². The molecule has 1 atom stereocenters. The van der Waals surface area contributed by atoms with Crippen LogP contribution in [-0.2, 0) is 16.6 Å². The van der Waals surface area contributed by atoms with E-state index >= 15 is 0 Å². The average Bonchev–Trinajstić information content (AvgIpc) is 3.82. The molecule has 5 aromatic rings. The van der Waals surface area contributed by atoms with Gasteiger partial charge in [-0.3, -0.25) is 33.5 Å². The monoisotopic (exact) mass is 711 g/mol. The van der Waals surface area contributed by atoms with Crippen molar-refractivity contribution in [3.05, 3.63) is 71.0 Å². The zero-order valence-electron chi connectivity index (χ0n) is 29.2. The lowest BCUT2D eigenvalue weighted by Gasteiger charge is -2.40. The molecular formula is C36H42FN11O4. The van der Waals surface area contributed by atoms with E-state index in [2.05, 4.69) is 42.7 Å². The molecule has 3 aliphatic rings. The second kappa shape index (κ2) is 13.6. The summed E-state index contributed by atoms with van der Waals surface area (Å²) in [5, 5.41) is 13.3. The van der Waals surface area contributed by atoms with Gasteiger partial charge in [0.1, 0.15) is 17.3 Å². The molecule has 4 aromatic heterocycles. The van der Waals surface area contributed by atoms with Crippen molar-refractivity contribution in [2.45, 2.75) is 69.5 Å². The number of aryl methyl sites for hydroxylation is 1. The summed E-state index contributed by atoms with van der Waals surface area (Å²) in [6.07, 6.45) is 12.5. The largest absolute Gasteiger partial charge is 0.370 e. The lowest BCUT2D eigenvalue weighted by Crippen LogP contribution is -2.45. The van der Waals surface area contributed by atoms with E-state index in [0.717, 1.165) is 69.4 Å². The van der Waals surface area contributed by atoms with Crippen molar-refractivity contribution in [1.82, 2.24) is 43.7 Å². The number of carbonyl (C=O) groups excluding carboxylic acids is 3. The summed E-state index contributed by atoms with van der Waals surface area (Å²) in [5.74, 6) is -1.42. The molecule has 272 valence electrons. The van der Waals surface area contributed by atoms with Crippen molar-refractivity contribution in [2.24, 2.45) is 13.0 Å². The van der Waals surface area contributed by atoms with Gasteiger partial charge in [0.25, 0.3) is 11.9 Å². The zero-order chi connectivity index (χ0) is 36.1. The molecule has 52 heavy (non-hydrogen) atoms. The van der Waals surface area contributed by atoms with Crippen LogP contribution in [0.15, 0.2) is 53.8 Å². The molecule has 3 amide bonds. The summed E-state index contributed by atoms with van der Waals surface area (Å²) >= 11 is 0. The SMILES string of the molecule is CN(CC1CCC(n2cc(NC(=O)c3cnn4cccnc34)c(F)n2)CC1)C1CCN(c2cccc3c2n(C)c(=O)n3C2CCC(=O)NC2=O)CC1. The number of anilines is 2. The first-order valence-corrected chi connectivity index (χ1v) is 18.0. The molecule has 2 N–H and O–H groups in total. The molecule has 8 rings (SSSR count). The predicted octanol–water partition coefficient (Wildman–Crippen LogP) is 3.28. The third-order valence-corrected chi connectivity index (χ3v) is 11.2. The number of imidazole rings is 1. The molecule has 1 aliphatic carbocycles. The molecule has 0 radical (unpaired) electrons. The van der Waals surface area contributed by atoms with E-state index in [1.807, 2.05) is 18.2 Å². The van der Waals surface area contributed by atoms with Crippen LogP contribution >= 0.6 is 0 Å². The number of piperidine rings is 2. The fourth-order valence-electron chi connectivity index (χ4n) is 8.42. The predicted molar refractivity (Wildman–Crippen MR) is 191 cm³/mol. The molecule has 6 heterocycles. The van der Waals surface area contributed by atoms with Crippen LogP contribution in [0, 0.1) is 11.9 Å². The van der Waals surface area contributed by atoms with E-state index in [0.29, 0.717) is 29.5 Å². The number of amides is 3. The van der Waals surface area contributed by atoms with Gasteiger partial charge >= 0.3 is 5.69 Å². The third kappa shape index (κ3) is 6.14. The Hall–Kier alpha value is -5.38. The van der Waals surface area contributed by atoms with Gasteiger partial charge in [0.05, 0.1) is 35.2 Å². The first-order chi connectivity index (χ1) is 25.2. The lowest BCUT2D eigenvalue weighted by molar-refractivity contribution is -0.135. The number of imide groups is 1. The van der Waals surface area contributed by atoms with Crippen LogP contribution in [0.25, 0.3) is 16.7 Å². The Morgan fingerprint density at radius 2 is 1.85 bits per heavy atom. The minimum Gasteiger partial charge on any atom is -0.370 e. The third-order valence-electron chi connectivity index (χ3n) is 11.2. The maximum atomic E-state index is 14.9. The zero-order valence-corrected chi connectivity index (χ0v) is 29.2. The van der Waals surface area contributed by atoms with Crippen LogP contribution in [0.4, 0.5) is 15.8 Å². The number of rotatable bonds is 8. The summed E-state index contributed by atoms with van der Waals surface area (Å²) in [4.78, 5) is 59.7. The summed E-state index contributed by atoms with van der Waals surface area (Å²) < 4.78 is 21.2. The first-order valence-electron chi connectivity index (χ1n) is 18.0. The van der Waals surface area contributed by atoms with E-state index in [1.165, 1.54) is 15.3 Å². The fourth-order valence-corrected chi connectivity index (χ4v) is 8.42. The smallest absolute Gasteiger partial charge is 0.329 e. The summed E-state index contributed by atoms with van der Waals surface area (Å²) in [6, 6.07) is 7.35. The second-order valence-electron chi connectivity index (χ2n) is 14.4. The number of halogens is 1. The van der Waals surface area contributed by atoms with Gasteiger partial charge in [0.15, 0.2) is 5.65 Å². The Balaban J connectivity index is 0.852. The van der Waals surface area contributed by atoms with Crippen LogP contribution in [0.1, 0.15) is 73.8 Å². The second-order valence-corrected chi connectivity index (χ2v) is 14.4. The number of hydrogen-bond donors (Lipinski definition) is 2. The van der Waals surface area contributed by atoms with Crippen LogP contribution in [0.3, 0.4) is 0 Å². The highest BCUT2D eigenvalue weighted by Crippen LogP contribution is 2.35. The molecule has 3 fully saturated rings. The number of fused-ring (bicyclic) bond motifs is 2. The molecule has 0 spiro atoms. The maximum Gasteiger partial charge on any atom is 0.329 e. The normalized spacial score (nSPS) is 21.7. The quantitative estimate of drug-likeness (QED) is 0.231. The Morgan fingerprint density at radius 3 is 2.62 bits per heavy atom. The van der Waals surface area contributed by atoms with Crippen molar-refractivity contribution >= 4 is 45.8 Å². The average molecular weight is 712 g/mol. The molecule has 15 nitrogen and oxygen atoms in total. The van der Waals surface area contributed by atoms with Gasteiger partial charge in [-0.2, -0.15) is 9.49 Å². The Labute approximate surface area is 298 Å². The van der Waals surface area contributed by atoms with Gasteiger partial charge in [0.2, 0.25) is 11.8 Å². The standard InChI is InChI=1S/C36H42FN11O4/c1-43(20-22-7-9-24(10-8-22)47-21-26(32(37)42-47)40-34(50)25-19-39-46-16-4-15-38-33(25)46)23-13-17-45(18-14-23)27-5-3-6-28-31(27)44(2)36(52)48(28)29-11-12-30(49)41-35(29)51/h3-6,15-16,19,21-24,29H,7-14,17-18,20H2,1-2H3,(H,40,50)(H,41,49,51). The van der Waals surface area contributed by atoms with E-state index < -0.39 is 23.8 Å². The summed E-state index contributed by atoms with van der Waals surface area (Å²) in [7, 11) is 3.95. The van der Waals surface area contributed by atoms with E-state index in [-0.39, 0.29) is 35.3 Å². The molecular weight excluding hydrogens is 669 g/mol. The number of aromatic nitrogens is 7. The van der Waals surface area contributed by atoms with Gasteiger partial charge in [-0.15, -0.1) is 5.10 Å². The molecule has 2 saturated heterocycles. The Bertz CT molecular complexity index is 2220. The van der Waals surface area contributed by atoms with Crippen molar-refractivity contribution in [3.63, 3.8) is 0 Å². The van der Waals surface area contributed by atoms with Gasteiger partial charge in [-0.05, 0) is 76.1 Å². The van der Waals surface area contributed by atoms with E-state index in [9.17, 15) is 23.6 Å². The molecule has 0 bridgehead atoms. The summed E-state index contributed by atoms with van der Waals surface area (Å²) in [6.45, 7) is 2.67. The Morgan fingerprint density at radius 1 is 1.06 bits per heavy atom. The number of benzene rings is 1. The molecule has 2 aliphatic heterocycles. The molecule has 1 saturated carbocycles. The number of para-hydroxylation sites is 1. The highest BCUT2D eigenvalue weighted by molar-refractivity contribution is 6.08. The van der Waals surface area contributed by atoms with Gasteiger partial charge in [0, 0.05) is 51.5 Å². The van der Waals surface area contributed by atoms with Gasteiger partial charge in [-0.25, -0.2) is 14.3 Å². The topological polar surface area (TPSA) is 157 Å². The minimum atomic E-state index is -0.712. The first kappa shape index (κ1) is 33.7. The number of nitrogens with one attached hydrogen (secondary N) is 2. The highest BCUT2D eigenvalue weighted by Gasteiger charge is 2.33. The van der Waals surface area contributed by atoms with Crippen molar-refractivity contribution < 1.29 is 18.8 Å². The van der Waals surface area contributed by atoms with Crippen LogP contribution in [0.5, 0.6) is 0 Å². The number of nitrogens with zero attached hydrogens (tertiary/aromatic N) is 9. The van der Waals surface area contributed by atoms with Crippen LogP contribution in [-0.4, -0.2) is 88.9 Å². The van der Waals surface area contributed by atoms with E-state index in [1.54, 1.807) is 41.0 Å². The van der Waals surface area contributed by atoms with Crippen LogP contribution < -0.4 is 21.2 Å². The Kier molecular flexibility index (Phi) is 8.85. The number of hydrogen-bond acceptors (Lipinski definition) is 9. The fraction of sp³-hybridized carbons (Fsp3) is 0.472. The molecule has 1 aromatic carbocycles.